The second-order valence-corrected chi connectivity index (χ2v) is 9.11. The fraction of sp³-hybridized carbons (Fsp3) is 0.346. The molecule has 30 heavy (non-hydrogen) atoms. The van der Waals surface area contributed by atoms with Crippen LogP contribution < -0.4 is 5.32 Å². The van der Waals surface area contributed by atoms with E-state index in [1.54, 1.807) is 0 Å². The summed E-state index contributed by atoms with van der Waals surface area (Å²) < 4.78 is 0. The van der Waals surface area contributed by atoms with Crippen molar-refractivity contribution in [3.63, 3.8) is 0 Å². The number of aromatic nitrogens is 1. The van der Waals surface area contributed by atoms with Crippen LogP contribution in [0.4, 0.5) is 0 Å². The maximum atomic E-state index is 6.35. The quantitative estimate of drug-likeness (QED) is 0.740. The summed E-state index contributed by atoms with van der Waals surface area (Å²) in [4.78, 5) is 7.46. The van der Waals surface area contributed by atoms with E-state index in [-0.39, 0.29) is 0 Å². The molecular formula is C26H28ClN3. The molecule has 1 saturated heterocycles. The minimum atomic E-state index is 0.367. The molecule has 2 aromatic rings. The van der Waals surface area contributed by atoms with Gasteiger partial charge >= 0.3 is 0 Å². The Labute approximate surface area is 184 Å². The normalized spacial score (nSPS) is 22.0. The zero-order valence-electron chi connectivity index (χ0n) is 17.3. The lowest BCUT2D eigenvalue weighted by atomic mass is 9.76. The predicted octanol–water partition coefficient (Wildman–Crippen LogP) is 5.23. The number of hydrogen-bond acceptors (Lipinski definition) is 3. The molecule has 3 aliphatic rings. The van der Waals surface area contributed by atoms with Crippen LogP contribution in [0.1, 0.15) is 41.1 Å². The fourth-order valence-electron chi connectivity index (χ4n) is 5.26. The van der Waals surface area contributed by atoms with Crippen LogP contribution in [0.2, 0.25) is 5.02 Å². The molecule has 1 aliphatic carbocycles. The Bertz CT molecular complexity index is 1010. The van der Waals surface area contributed by atoms with Crippen LogP contribution in [-0.4, -0.2) is 29.5 Å². The van der Waals surface area contributed by atoms with Gasteiger partial charge in [-0.3, -0.25) is 9.88 Å². The third-order valence-corrected chi connectivity index (χ3v) is 7.11. The number of piperidine rings is 1. The van der Waals surface area contributed by atoms with Crippen molar-refractivity contribution in [2.45, 2.75) is 31.6 Å². The van der Waals surface area contributed by atoms with Gasteiger partial charge in [-0.2, -0.15) is 0 Å². The molecule has 4 heteroatoms. The number of hydrogen-bond donors (Lipinski definition) is 1. The summed E-state index contributed by atoms with van der Waals surface area (Å²) in [5, 5.41) is 4.04. The van der Waals surface area contributed by atoms with Crippen LogP contribution in [0.5, 0.6) is 0 Å². The Morgan fingerprint density at radius 3 is 2.80 bits per heavy atom. The molecule has 5 rings (SSSR count). The van der Waals surface area contributed by atoms with Gasteiger partial charge in [-0.05, 0) is 96.8 Å². The van der Waals surface area contributed by atoms with E-state index in [4.69, 9.17) is 16.6 Å². The highest BCUT2D eigenvalue weighted by atomic mass is 35.5. The van der Waals surface area contributed by atoms with E-state index in [9.17, 15) is 0 Å². The Morgan fingerprint density at radius 2 is 1.97 bits per heavy atom. The highest BCUT2D eigenvalue weighted by Gasteiger charge is 2.34. The highest BCUT2D eigenvalue weighted by Crippen LogP contribution is 2.42. The van der Waals surface area contributed by atoms with Crippen LogP contribution in [0.15, 0.2) is 72.7 Å². The van der Waals surface area contributed by atoms with Crippen molar-refractivity contribution in [3.05, 3.63) is 100 Å². The number of nitrogens with one attached hydrogen (secondary N) is 1. The van der Waals surface area contributed by atoms with Crippen LogP contribution in [0.25, 0.3) is 0 Å². The topological polar surface area (TPSA) is 28.2 Å². The van der Waals surface area contributed by atoms with Gasteiger partial charge in [0.15, 0.2) is 0 Å². The summed E-state index contributed by atoms with van der Waals surface area (Å²) in [5.74, 6) is 0.973. The summed E-state index contributed by atoms with van der Waals surface area (Å²) in [5.41, 5.74) is 7.93. The minimum Gasteiger partial charge on any atom is -0.367 e. The second-order valence-electron chi connectivity index (χ2n) is 8.68. The van der Waals surface area contributed by atoms with Crippen LogP contribution >= 0.6 is 11.6 Å². The number of aryl methyl sites for hydroxylation is 2. The molecule has 1 N–H and O–H groups in total. The van der Waals surface area contributed by atoms with Crippen molar-refractivity contribution in [1.29, 1.82) is 0 Å². The van der Waals surface area contributed by atoms with Gasteiger partial charge in [-0.1, -0.05) is 30.3 Å². The third kappa shape index (κ3) is 3.84. The van der Waals surface area contributed by atoms with E-state index in [1.807, 2.05) is 12.4 Å². The monoisotopic (exact) mass is 417 g/mol. The summed E-state index contributed by atoms with van der Waals surface area (Å²) in [7, 11) is 0. The van der Waals surface area contributed by atoms with E-state index < -0.39 is 0 Å². The molecule has 0 radical (unpaired) electrons. The number of rotatable bonds is 3. The Morgan fingerprint density at radius 1 is 1.13 bits per heavy atom. The number of pyridine rings is 1. The van der Waals surface area contributed by atoms with Gasteiger partial charge in [-0.15, -0.1) is 0 Å². The number of dihydropyridines is 1. The Kier molecular flexibility index (Phi) is 5.49. The first kappa shape index (κ1) is 19.6. The first-order valence-electron chi connectivity index (χ1n) is 10.9. The van der Waals surface area contributed by atoms with Crippen molar-refractivity contribution in [1.82, 2.24) is 15.2 Å². The van der Waals surface area contributed by atoms with Crippen molar-refractivity contribution in [2.75, 3.05) is 19.6 Å². The number of fused-ring (bicyclic) bond motifs is 2. The molecule has 154 valence electrons. The summed E-state index contributed by atoms with van der Waals surface area (Å²) in [6, 6.07) is 10.8. The standard InChI is InChI=1S/C26H28ClN3/c1-18-8-12-28-16-22(18)17-30-13-9-19(10-14-30)25-24-7-6-23(27)15-21(24)5-4-20-3-2-11-29-26(20)25/h2-3,6-8,11-12,15-16,19,25,28H,1,4-5,9-10,13-14,17H2. The lowest BCUT2D eigenvalue weighted by Gasteiger charge is -2.37. The smallest absolute Gasteiger partial charge is 0.0513 e. The number of nitrogens with zero attached hydrogens (tertiary/aromatic N) is 2. The largest absolute Gasteiger partial charge is 0.367 e. The number of allylic oxidation sites excluding steroid dienone is 1. The summed E-state index contributed by atoms with van der Waals surface area (Å²) >= 11 is 6.35. The lowest BCUT2D eigenvalue weighted by molar-refractivity contribution is 0.186. The maximum absolute atomic E-state index is 6.35. The number of benzene rings is 1. The first-order valence-corrected chi connectivity index (χ1v) is 11.3. The molecule has 3 heterocycles. The van der Waals surface area contributed by atoms with E-state index >= 15 is 0 Å². The SMILES string of the molecule is C=C1C=CNC=C1CN1CCC(C2c3ccc(Cl)cc3CCc3cccnc32)CC1. The lowest BCUT2D eigenvalue weighted by Crippen LogP contribution is -2.37. The molecule has 0 bridgehead atoms. The fourth-order valence-corrected chi connectivity index (χ4v) is 5.45. The van der Waals surface area contributed by atoms with Gasteiger partial charge in [0.25, 0.3) is 0 Å². The molecular weight excluding hydrogens is 390 g/mol. The van der Waals surface area contributed by atoms with Crippen LogP contribution in [0.3, 0.4) is 0 Å². The highest BCUT2D eigenvalue weighted by molar-refractivity contribution is 6.30. The first-order chi connectivity index (χ1) is 14.7. The average molecular weight is 418 g/mol. The van der Waals surface area contributed by atoms with Gasteiger partial charge in [0.1, 0.15) is 0 Å². The molecule has 1 unspecified atom stereocenters. The van der Waals surface area contributed by atoms with E-state index in [1.165, 1.54) is 40.8 Å². The van der Waals surface area contributed by atoms with Crippen molar-refractivity contribution in [3.8, 4) is 0 Å². The predicted molar refractivity (Wildman–Crippen MR) is 124 cm³/mol. The van der Waals surface area contributed by atoms with E-state index in [0.717, 1.165) is 43.1 Å². The zero-order chi connectivity index (χ0) is 20.5. The van der Waals surface area contributed by atoms with Gasteiger partial charge in [0.05, 0.1) is 5.69 Å². The summed E-state index contributed by atoms with van der Waals surface area (Å²) in [6.45, 7) is 7.37. The number of halogens is 1. The van der Waals surface area contributed by atoms with Gasteiger partial charge < -0.3 is 5.32 Å². The summed E-state index contributed by atoms with van der Waals surface area (Å²) in [6.07, 6.45) is 12.5. The third-order valence-electron chi connectivity index (χ3n) is 6.87. The van der Waals surface area contributed by atoms with Crippen LogP contribution in [-0.2, 0) is 12.8 Å². The van der Waals surface area contributed by atoms with E-state index in [0.29, 0.717) is 11.8 Å². The average Bonchev–Trinajstić information content (AvgIpc) is 2.93. The molecule has 3 nitrogen and oxygen atoms in total. The molecule has 1 atom stereocenters. The van der Waals surface area contributed by atoms with Gasteiger partial charge in [-0.25, -0.2) is 0 Å². The molecule has 1 aromatic heterocycles. The van der Waals surface area contributed by atoms with E-state index in [2.05, 4.69) is 59.4 Å². The molecule has 1 fully saturated rings. The Balaban J connectivity index is 1.38. The number of likely N-dealkylation sites (tertiary alicyclic amines) is 1. The van der Waals surface area contributed by atoms with Gasteiger partial charge in [0, 0.05) is 36.1 Å². The zero-order valence-corrected chi connectivity index (χ0v) is 18.0. The molecule has 0 amide bonds. The molecule has 1 aromatic carbocycles. The van der Waals surface area contributed by atoms with Gasteiger partial charge in [0.2, 0.25) is 0 Å². The van der Waals surface area contributed by atoms with Crippen LogP contribution in [0, 0.1) is 5.92 Å². The van der Waals surface area contributed by atoms with Crippen molar-refractivity contribution < 1.29 is 0 Å². The minimum absolute atomic E-state index is 0.367. The van der Waals surface area contributed by atoms with Crippen molar-refractivity contribution >= 4 is 11.6 Å². The molecule has 0 spiro atoms. The molecule has 2 aliphatic heterocycles. The Hall–Kier alpha value is -2.36. The second kappa shape index (κ2) is 8.41. The molecule has 0 saturated carbocycles. The van der Waals surface area contributed by atoms with Crippen molar-refractivity contribution in [2.24, 2.45) is 5.92 Å². The maximum Gasteiger partial charge on any atom is 0.0513 e.